The van der Waals surface area contributed by atoms with Gasteiger partial charge < -0.3 is 16.2 Å². The predicted molar refractivity (Wildman–Crippen MR) is 81.1 cm³/mol. The third kappa shape index (κ3) is 3.17. The normalized spacial score (nSPS) is 17.2. The van der Waals surface area contributed by atoms with Crippen LogP contribution in [-0.2, 0) is 4.79 Å². The topological polar surface area (TPSA) is 92.4 Å². The van der Waals surface area contributed by atoms with Crippen molar-refractivity contribution in [3.63, 3.8) is 0 Å². The van der Waals surface area contributed by atoms with Gasteiger partial charge in [-0.1, -0.05) is 25.3 Å². The highest BCUT2D eigenvalue weighted by Crippen LogP contribution is 2.36. The summed E-state index contributed by atoms with van der Waals surface area (Å²) in [6.07, 6.45) is 4.12. The van der Waals surface area contributed by atoms with Gasteiger partial charge in [0.1, 0.15) is 0 Å². The molecule has 0 aliphatic heterocycles. The van der Waals surface area contributed by atoms with E-state index in [4.69, 9.17) is 5.73 Å². The standard InChI is InChI=1S/C16H22N2O3/c1-11-12(6-5-7-13(11)17)14(19)18-10-16(15(20)21)8-3-2-4-9-16/h5-7H,2-4,8-10,17H2,1H3,(H,18,19)(H,20,21). The molecule has 5 nitrogen and oxygen atoms in total. The summed E-state index contributed by atoms with van der Waals surface area (Å²) in [6.45, 7) is 1.97. The second-order valence-electron chi connectivity index (χ2n) is 5.85. The zero-order chi connectivity index (χ0) is 15.5. The Labute approximate surface area is 124 Å². The molecule has 1 aliphatic rings. The number of amides is 1. The Morgan fingerprint density at radius 3 is 2.57 bits per heavy atom. The Kier molecular flexibility index (Phi) is 4.50. The van der Waals surface area contributed by atoms with E-state index in [0.29, 0.717) is 24.1 Å². The zero-order valence-corrected chi connectivity index (χ0v) is 12.3. The summed E-state index contributed by atoms with van der Waals surface area (Å²) in [5, 5.41) is 12.3. The van der Waals surface area contributed by atoms with Gasteiger partial charge in [0.05, 0.1) is 5.41 Å². The summed E-state index contributed by atoms with van der Waals surface area (Å²) >= 11 is 0. The number of carbonyl (C=O) groups excluding carboxylic acids is 1. The molecule has 0 radical (unpaired) electrons. The fraction of sp³-hybridized carbons (Fsp3) is 0.500. The van der Waals surface area contributed by atoms with E-state index in [2.05, 4.69) is 5.32 Å². The number of benzene rings is 1. The molecule has 0 aromatic heterocycles. The molecule has 0 heterocycles. The summed E-state index contributed by atoms with van der Waals surface area (Å²) in [7, 11) is 0. The van der Waals surface area contributed by atoms with Crippen molar-refractivity contribution in [2.45, 2.75) is 39.0 Å². The Hall–Kier alpha value is -2.04. The summed E-state index contributed by atoms with van der Waals surface area (Å²) in [4.78, 5) is 23.8. The molecule has 2 rings (SSSR count). The number of nitrogens with one attached hydrogen (secondary N) is 1. The Morgan fingerprint density at radius 2 is 1.95 bits per heavy atom. The Morgan fingerprint density at radius 1 is 1.29 bits per heavy atom. The minimum atomic E-state index is -0.817. The summed E-state index contributed by atoms with van der Waals surface area (Å²) in [5.41, 5.74) is 6.77. The average Bonchev–Trinajstić information content (AvgIpc) is 2.48. The Balaban J connectivity index is 2.09. The van der Waals surface area contributed by atoms with Gasteiger partial charge in [-0.05, 0) is 37.5 Å². The maximum Gasteiger partial charge on any atom is 0.311 e. The van der Waals surface area contributed by atoms with Crippen LogP contribution in [0.5, 0.6) is 0 Å². The average molecular weight is 290 g/mol. The molecule has 0 spiro atoms. The number of nitrogen functional groups attached to an aromatic ring is 1. The van der Waals surface area contributed by atoms with Gasteiger partial charge in [0, 0.05) is 17.8 Å². The first-order valence-corrected chi connectivity index (χ1v) is 7.33. The number of nitrogens with two attached hydrogens (primary N) is 1. The van der Waals surface area contributed by atoms with Crippen LogP contribution in [0.2, 0.25) is 0 Å². The lowest BCUT2D eigenvalue weighted by molar-refractivity contribution is -0.150. The second-order valence-corrected chi connectivity index (χ2v) is 5.85. The van der Waals surface area contributed by atoms with E-state index in [1.807, 2.05) is 0 Å². The number of anilines is 1. The molecule has 0 atom stereocenters. The molecule has 1 amide bonds. The van der Waals surface area contributed by atoms with Crippen LogP contribution in [0.3, 0.4) is 0 Å². The molecule has 5 heteroatoms. The fourth-order valence-electron chi connectivity index (χ4n) is 2.94. The van der Waals surface area contributed by atoms with E-state index in [1.165, 1.54) is 0 Å². The van der Waals surface area contributed by atoms with Crippen LogP contribution in [0.25, 0.3) is 0 Å². The van der Waals surface area contributed by atoms with Gasteiger partial charge in [0.15, 0.2) is 0 Å². The van der Waals surface area contributed by atoms with Gasteiger partial charge in [0.2, 0.25) is 0 Å². The molecule has 0 saturated heterocycles. The molecule has 1 aromatic carbocycles. The van der Waals surface area contributed by atoms with Crippen molar-refractivity contribution in [1.29, 1.82) is 0 Å². The molecule has 0 unspecified atom stereocenters. The maximum atomic E-state index is 12.3. The number of carboxylic acid groups (broad SMARTS) is 1. The lowest BCUT2D eigenvalue weighted by atomic mass is 9.74. The molecular formula is C16H22N2O3. The van der Waals surface area contributed by atoms with Gasteiger partial charge in [-0.3, -0.25) is 9.59 Å². The monoisotopic (exact) mass is 290 g/mol. The second kappa shape index (κ2) is 6.16. The molecule has 1 aliphatic carbocycles. The lowest BCUT2D eigenvalue weighted by Crippen LogP contribution is -2.44. The minimum Gasteiger partial charge on any atom is -0.481 e. The largest absolute Gasteiger partial charge is 0.481 e. The molecule has 114 valence electrons. The number of carboxylic acids is 1. The molecular weight excluding hydrogens is 268 g/mol. The van der Waals surface area contributed by atoms with Crippen LogP contribution in [0.1, 0.15) is 48.0 Å². The van der Waals surface area contributed by atoms with Crippen LogP contribution in [0.4, 0.5) is 5.69 Å². The first kappa shape index (κ1) is 15.4. The number of carbonyl (C=O) groups is 2. The van der Waals surface area contributed by atoms with Crippen LogP contribution >= 0.6 is 0 Å². The first-order valence-electron chi connectivity index (χ1n) is 7.33. The van der Waals surface area contributed by atoms with E-state index in [1.54, 1.807) is 25.1 Å². The summed E-state index contributed by atoms with van der Waals surface area (Å²) in [5.74, 6) is -1.07. The molecule has 4 N–H and O–H groups in total. The summed E-state index contributed by atoms with van der Waals surface area (Å²) < 4.78 is 0. The highest BCUT2D eigenvalue weighted by Gasteiger charge is 2.39. The highest BCUT2D eigenvalue weighted by atomic mass is 16.4. The summed E-state index contributed by atoms with van der Waals surface area (Å²) in [6, 6.07) is 5.17. The van der Waals surface area contributed by atoms with Crippen molar-refractivity contribution in [2.24, 2.45) is 5.41 Å². The quantitative estimate of drug-likeness (QED) is 0.742. The van der Waals surface area contributed by atoms with Crippen molar-refractivity contribution >= 4 is 17.6 Å². The number of hydrogen-bond donors (Lipinski definition) is 3. The van der Waals surface area contributed by atoms with Gasteiger partial charge in [-0.2, -0.15) is 0 Å². The third-order valence-electron chi connectivity index (χ3n) is 4.47. The SMILES string of the molecule is Cc1c(N)cccc1C(=O)NCC1(C(=O)O)CCCCC1. The van der Waals surface area contributed by atoms with Gasteiger partial charge in [0.25, 0.3) is 5.91 Å². The van der Waals surface area contributed by atoms with Crippen molar-refractivity contribution in [3.8, 4) is 0 Å². The maximum absolute atomic E-state index is 12.3. The smallest absolute Gasteiger partial charge is 0.311 e. The number of rotatable bonds is 4. The fourth-order valence-corrected chi connectivity index (χ4v) is 2.94. The molecule has 1 fully saturated rings. The van der Waals surface area contributed by atoms with E-state index < -0.39 is 11.4 Å². The number of hydrogen-bond acceptors (Lipinski definition) is 3. The molecule has 21 heavy (non-hydrogen) atoms. The predicted octanol–water partition coefficient (Wildman–Crippen LogP) is 2.34. The lowest BCUT2D eigenvalue weighted by Gasteiger charge is -2.33. The van der Waals surface area contributed by atoms with E-state index in [0.717, 1.165) is 24.8 Å². The third-order valence-corrected chi connectivity index (χ3v) is 4.47. The van der Waals surface area contributed by atoms with Gasteiger partial charge in [-0.25, -0.2) is 0 Å². The molecule has 1 saturated carbocycles. The molecule has 0 bridgehead atoms. The van der Waals surface area contributed by atoms with Crippen molar-refractivity contribution in [2.75, 3.05) is 12.3 Å². The number of aliphatic carboxylic acids is 1. The molecule has 1 aromatic rings. The van der Waals surface area contributed by atoms with Crippen LogP contribution in [-0.4, -0.2) is 23.5 Å². The van der Waals surface area contributed by atoms with Crippen molar-refractivity contribution in [3.05, 3.63) is 29.3 Å². The van der Waals surface area contributed by atoms with E-state index in [9.17, 15) is 14.7 Å². The minimum absolute atomic E-state index is 0.176. The van der Waals surface area contributed by atoms with E-state index >= 15 is 0 Å². The van der Waals surface area contributed by atoms with Crippen LogP contribution in [0, 0.1) is 12.3 Å². The zero-order valence-electron chi connectivity index (χ0n) is 12.3. The first-order chi connectivity index (χ1) is 9.96. The van der Waals surface area contributed by atoms with Crippen molar-refractivity contribution < 1.29 is 14.7 Å². The highest BCUT2D eigenvalue weighted by molar-refractivity contribution is 5.97. The van der Waals surface area contributed by atoms with Gasteiger partial charge >= 0.3 is 5.97 Å². The van der Waals surface area contributed by atoms with E-state index in [-0.39, 0.29) is 12.5 Å². The Bertz CT molecular complexity index is 548. The van der Waals surface area contributed by atoms with Crippen LogP contribution in [0.15, 0.2) is 18.2 Å². The van der Waals surface area contributed by atoms with Crippen LogP contribution < -0.4 is 11.1 Å². The van der Waals surface area contributed by atoms with Crippen molar-refractivity contribution in [1.82, 2.24) is 5.32 Å². The van der Waals surface area contributed by atoms with Gasteiger partial charge in [-0.15, -0.1) is 0 Å².